The molecule has 0 saturated carbocycles. The van der Waals surface area contributed by atoms with E-state index in [1.54, 1.807) is 0 Å². The smallest absolute Gasteiger partial charge is 0.0608 e. The van der Waals surface area contributed by atoms with Crippen molar-refractivity contribution in [2.75, 3.05) is 0 Å². The van der Waals surface area contributed by atoms with E-state index in [1.807, 2.05) is 6.20 Å². The Morgan fingerprint density at radius 2 is 1.53 bits per heavy atom. The molecule has 2 heteroatoms. The number of hydrogen-bond acceptors (Lipinski definition) is 1. The number of rotatable bonds is 2. The minimum atomic E-state index is 0.0947. The van der Waals surface area contributed by atoms with Gasteiger partial charge >= 0.3 is 0 Å². The second-order valence-electron chi connectivity index (χ2n) is 8.04. The first-order chi connectivity index (χ1) is 8.61. The van der Waals surface area contributed by atoms with Gasteiger partial charge in [-0.25, -0.2) is 0 Å². The number of aromatic nitrogens is 2. The Balaban J connectivity index is 2.68. The van der Waals surface area contributed by atoms with Crippen molar-refractivity contribution in [1.29, 1.82) is 0 Å². The van der Waals surface area contributed by atoms with Crippen LogP contribution in [0.2, 0.25) is 0 Å². The predicted molar refractivity (Wildman–Crippen MR) is 81.2 cm³/mol. The molecule has 0 radical (unpaired) electrons. The van der Waals surface area contributed by atoms with Crippen molar-refractivity contribution >= 4 is 0 Å². The summed E-state index contributed by atoms with van der Waals surface area (Å²) in [6.45, 7) is 19.0. The molecule has 2 nitrogen and oxygen atoms in total. The van der Waals surface area contributed by atoms with Gasteiger partial charge in [-0.15, -0.1) is 0 Å². The van der Waals surface area contributed by atoms with Crippen LogP contribution in [0.4, 0.5) is 0 Å². The molecule has 0 N–H and O–H groups in total. The molecule has 2 atom stereocenters. The first-order valence-corrected chi connectivity index (χ1v) is 7.66. The van der Waals surface area contributed by atoms with Crippen LogP contribution < -0.4 is 0 Å². The van der Waals surface area contributed by atoms with Crippen LogP contribution in [-0.2, 0) is 11.0 Å². The van der Waals surface area contributed by atoms with Crippen LogP contribution in [0.5, 0.6) is 0 Å². The molecule has 2 heterocycles. The van der Waals surface area contributed by atoms with Gasteiger partial charge in [-0.1, -0.05) is 41.5 Å². The average molecular weight is 262 g/mol. The molecule has 19 heavy (non-hydrogen) atoms. The summed E-state index contributed by atoms with van der Waals surface area (Å²) >= 11 is 0. The lowest BCUT2D eigenvalue weighted by atomic mass is 9.55. The maximum atomic E-state index is 4.65. The Morgan fingerprint density at radius 1 is 1.00 bits per heavy atom. The van der Waals surface area contributed by atoms with Gasteiger partial charge in [-0.2, -0.15) is 5.10 Å². The molecule has 0 bridgehead atoms. The minimum Gasteiger partial charge on any atom is -0.263 e. The molecule has 2 unspecified atom stereocenters. The molecular weight excluding hydrogens is 232 g/mol. The van der Waals surface area contributed by atoms with Crippen molar-refractivity contribution in [3.05, 3.63) is 18.0 Å². The first kappa shape index (κ1) is 14.6. The van der Waals surface area contributed by atoms with E-state index in [2.05, 4.69) is 71.2 Å². The predicted octanol–water partition coefficient (Wildman–Crippen LogP) is 4.45. The van der Waals surface area contributed by atoms with E-state index < -0.39 is 0 Å². The molecule has 0 aromatic carbocycles. The van der Waals surface area contributed by atoms with Gasteiger partial charge in [0.25, 0.3) is 0 Å². The molecule has 108 valence electrons. The lowest BCUT2D eigenvalue weighted by Crippen LogP contribution is -2.56. The van der Waals surface area contributed by atoms with E-state index in [0.717, 1.165) is 0 Å². The molecule has 2 rings (SSSR count). The summed E-state index contributed by atoms with van der Waals surface area (Å²) in [5.41, 5.74) is 1.68. The Labute approximate surface area is 118 Å². The van der Waals surface area contributed by atoms with Gasteiger partial charge in [0.2, 0.25) is 0 Å². The van der Waals surface area contributed by atoms with Crippen LogP contribution in [0, 0.1) is 23.7 Å². The number of fused-ring (bicyclic) bond motifs is 1. The highest BCUT2D eigenvalue weighted by molar-refractivity contribution is 5.23. The molecule has 1 aliphatic heterocycles. The van der Waals surface area contributed by atoms with Gasteiger partial charge in [0.1, 0.15) is 0 Å². The second kappa shape index (κ2) is 4.36. The molecule has 0 aliphatic carbocycles. The largest absolute Gasteiger partial charge is 0.263 e. The topological polar surface area (TPSA) is 17.8 Å². The van der Waals surface area contributed by atoms with Crippen molar-refractivity contribution in [2.45, 2.75) is 66.3 Å². The summed E-state index contributed by atoms with van der Waals surface area (Å²) in [5, 5.41) is 4.65. The van der Waals surface area contributed by atoms with Gasteiger partial charge < -0.3 is 0 Å². The maximum Gasteiger partial charge on any atom is 0.0608 e. The van der Waals surface area contributed by atoms with E-state index >= 15 is 0 Å². The standard InChI is InChI=1S/C17H30N2/c1-11(2)14-15(12(3)4)17(7,8)19-13(9-10-18-19)16(14,5)6/h9-12,14-15H,1-8H3. The quantitative estimate of drug-likeness (QED) is 0.769. The SMILES string of the molecule is CC(C)C1C(C(C)C)C(C)(C)n2nccc2C1(C)C. The van der Waals surface area contributed by atoms with Gasteiger partial charge in [0.15, 0.2) is 0 Å². The lowest BCUT2D eigenvalue weighted by molar-refractivity contribution is -0.0157. The van der Waals surface area contributed by atoms with Crippen molar-refractivity contribution in [3.8, 4) is 0 Å². The van der Waals surface area contributed by atoms with Crippen LogP contribution in [0.1, 0.15) is 61.1 Å². The summed E-state index contributed by atoms with van der Waals surface area (Å²) in [6.07, 6.45) is 1.97. The highest BCUT2D eigenvalue weighted by Gasteiger charge is 2.53. The van der Waals surface area contributed by atoms with E-state index in [4.69, 9.17) is 0 Å². The fraction of sp³-hybridized carbons (Fsp3) is 0.824. The molecular formula is C17H30N2. The van der Waals surface area contributed by atoms with E-state index in [1.165, 1.54) is 5.69 Å². The molecule has 1 aromatic heterocycles. The zero-order chi connectivity index (χ0) is 14.6. The molecule has 1 aromatic rings. The Bertz CT molecular complexity index is 411. The summed E-state index contributed by atoms with van der Waals surface area (Å²) in [5.74, 6) is 2.69. The van der Waals surface area contributed by atoms with E-state index in [0.29, 0.717) is 23.7 Å². The normalized spacial score (nSPS) is 28.7. The third-order valence-corrected chi connectivity index (χ3v) is 5.32. The van der Waals surface area contributed by atoms with E-state index in [-0.39, 0.29) is 11.0 Å². The molecule has 0 fully saturated rings. The van der Waals surface area contributed by atoms with Gasteiger partial charge in [-0.05, 0) is 43.6 Å². The molecule has 1 aliphatic rings. The van der Waals surface area contributed by atoms with Crippen LogP contribution in [0.3, 0.4) is 0 Å². The Kier molecular flexibility index (Phi) is 3.35. The highest BCUT2D eigenvalue weighted by Crippen LogP contribution is 2.53. The summed E-state index contributed by atoms with van der Waals surface area (Å²) in [4.78, 5) is 0. The minimum absolute atomic E-state index is 0.0947. The van der Waals surface area contributed by atoms with Crippen molar-refractivity contribution in [1.82, 2.24) is 9.78 Å². The fourth-order valence-electron chi connectivity index (χ4n) is 4.93. The van der Waals surface area contributed by atoms with Crippen LogP contribution >= 0.6 is 0 Å². The van der Waals surface area contributed by atoms with Crippen molar-refractivity contribution in [2.24, 2.45) is 23.7 Å². The summed E-state index contributed by atoms with van der Waals surface area (Å²) in [6, 6.07) is 2.22. The Morgan fingerprint density at radius 3 is 2.00 bits per heavy atom. The third-order valence-electron chi connectivity index (χ3n) is 5.32. The average Bonchev–Trinajstić information content (AvgIpc) is 2.72. The van der Waals surface area contributed by atoms with Gasteiger partial charge in [0.05, 0.1) is 5.54 Å². The summed E-state index contributed by atoms with van der Waals surface area (Å²) < 4.78 is 2.29. The zero-order valence-corrected chi connectivity index (χ0v) is 13.9. The number of nitrogens with zero attached hydrogens (tertiary/aromatic N) is 2. The first-order valence-electron chi connectivity index (χ1n) is 7.66. The number of hydrogen-bond donors (Lipinski definition) is 0. The highest BCUT2D eigenvalue weighted by atomic mass is 15.3. The fourth-order valence-corrected chi connectivity index (χ4v) is 4.93. The van der Waals surface area contributed by atoms with E-state index in [9.17, 15) is 0 Å². The van der Waals surface area contributed by atoms with Crippen molar-refractivity contribution < 1.29 is 0 Å². The van der Waals surface area contributed by atoms with Crippen LogP contribution in [-0.4, -0.2) is 9.78 Å². The third kappa shape index (κ3) is 1.95. The molecule has 0 spiro atoms. The lowest BCUT2D eigenvalue weighted by Gasteiger charge is -2.55. The van der Waals surface area contributed by atoms with Gasteiger partial charge in [0, 0.05) is 17.3 Å². The Hall–Kier alpha value is -0.790. The van der Waals surface area contributed by atoms with Crippen LogP contribution in [0.25, 0.3) is 0 Å². The van der Waals surface area contributed by atoms with Crippen molar-refractivity contribution in [3.63, 3.8) is 0 Å². The second-order valence-corrected chi connectivity index (χ2v) is 8.04. The molecule has 0 saturated heterocycles. The molecule has 0 amide bonds. The summed E-state index contributed by atoms with van der Waals surface area (Å²) in [7, 11) is 0. The zero-order valence-electron chi connectivity index (χ0n) is 13.9. The van der Waals surface area contributed by atoms with Gasteiger partial charge in [-0.3, -0.25) is 4.68 Å². The van der Waals surface area contributed by atoms with Crippen LogP contribution in [0.15, 0.2) is 12.3 Å². The monoisotopic (exact) mass is 262 g/mol. The maximum absolute atomic E-state index is 4.65.